The number of amides is 1. The summed E-state index contributed by atoms with van der Waals surface area (Å²) in [5, 5.41) is 3.04. The molecule has 0 bridgehead atoms. The Hall–Kier alpha value is -3.39. The summed E-state index contributed by atoms with van der Waals surface area (Å²) in [6.45, 7) is 4.85. The highest BCUT2D eigenvalue weighted by Gasteiger charge is 2.26. The Balaban J connectivity index is 1.32. The van der Waals surface area contributed by atoms with Crippen molar-refractivity contribution < 1.29 is 18.7 Å². The average Bonchev–Trinajstić information content (AvgIpc) is 3.23. The lowest BCUT2D eigenvalue weighted by Gasteiger charge is -2.30. The van der Waals surface area contributed by atoms with E-state index in [1.807, 2.05) is 37.3 Å². The van der Waals surface area contributed by atoms with Crippen molar-refractivity contribution in [3.63, 3.8) is 0 Å². The first-order valence-corrected chi connectivity index (χ1v) is 11.1. The van der Waals surface area contributed by atoms with Gasteiger partial charge < -0.3 is 19.2 Å². The van der Waals surface area contributed by atoms with E-state index in [1.54, 1.807) is 26.6 Å². The molecule has 1 aliphatic heterocycles. The van der Waals surface area contributed by atoms with Crippen LogP contribution in [0.3, 0.4) is 0 Å². The molecule has 174 valence electrons. The maximum atomic E-state index is 12.6. The van der Waals surface area contributed by atoms with Crippen LogP contribution in [0.5, 0.6) is 11.5 Å². The Kier molecular flexibility index (Phi) is 7.24. The molecule has 1 N–H and O–H groups in total. The molecule has 0 atom stereocenters. The molecule has 0 radical (unpaired) electrons. The minimum Gasteiger partial charge on any atom is -0.493 e. The number of ether oxygens (including phenoxy) is 2. The predicted octanol–water partition coefficient (Wildman–Crippen LogP) is 3.59. The molecule has 3 heterocycles. The van der Waals surface area contributed by atoms with Gasteiger partial charge >= 0.3 is 0 Å². The van der Waals surface area contributed by atoms with Crippen molar-refractivity contribution in [3.8, 4) is 23.0 Å². The van der Waals surface area contributed by atoms with Gasteiger partial charge in [-0.15, -0.1) is 0 Å². The van der Waals surface area contributed by atoms with Crippen molar-refractivity contribution in [1.29, 1.82) is 0 Å². The number of oxazole rings is 1. The molecule has 1 amide bonds. The first-order chi connectivity index (χ1) is 16.1. The molecule has 8 heteroatoms. The highest BCUT2D eigenvalue weighted by atomic mass is 16.5. The smallest absolute Gasteiger partial charge is 0.226 e. The van der Waals surface area contributed by atoms with Crippen LogP contribution in [0.1, 0.15) is 29.9 Å². The maximum Gasteiger partial charge on any atom is 0.226 e. The van der Waals surface area contributed by atoms with E-state index in [-0.39, 0.29) is 11.8 Å². The van der Waals surface area contributed by atoms with Crippen LogP contribution in [0.15, 0.2) is 47.1 Å². The Bertz CT molecular complexity index is 1080. The molecule has 33 heavy (non-hydrogen) atoms. The van der Waals surface area contributed by atoms with E-state index in [2.05, 4.69) is 15.2 Å². The second-order valence-corrected chi connectivity index (χ2v) is 8.22. The predicted molar refractivity (Wildman–Crippen MR) is 124 cm³/mol. The van der Waals surface area contributed by atoms with Crippen LogP contribution >= 0.6 is 0 Å². The van der Waals surface area contributed by atoms with Gasteiger partial charge in [0.15, 0.2) is 11.5 Å². The Morgan fingerprint density at radius 2 is 1.97 bits per heavy atom. The third-order valence-electron chi connectivity index (χ3n) is 6.04. The van der Waals surface area contributed by atoms with Crippen LogP contribution < -0.4 is 14.8 Å². The molecule has 0 saturated carbocycles. The van der Waals surface area contributed by atoms with Gasteiger partial charge in [-0.3, -0.25) is 14.7 Å². The van der Waals surface area contributed by atoms with E-state index in [0.717, 1.165) is 48.5 Å². The summed E-state index contributed by atoms with van der Waals surface area (Å²) in [5.41, 5.74) is 2.76. The number of carbonyl (C=O) groups is 1. The van der Waals surface area contributed by atoms with Crippen LogP contribution in [0, 0.1) is 12.8 Å². The number of hydrogen-bond donors (Lipinski definition) is 1. The summed E-state index contributed by atoms with van der Waals surface area (Å²) in [6, 6.07) is 9.46. The first-order valence-electron chi connectivity index (χ1n) is 11.1. The topological polar surface area (TPSA) is 89.7 Å². The molecule has 1 fully saturated rings. The van der Waals surface area contributed by atoms with E-state index < -0.39 is 0 Å². The van der Waals surface area contributed by atoms with Gasteiger partial charge in [0.1, 0.15) is 5.76 Å². The number of aromatic nitrogens is 2. The van der Waals surface area contributed by atoms with Gasteiger partial charge in [0.2, 0.25) is 11.8 Å². The quantitative estimate of drug-likeness (QED) is 0.561. The fourth-order valence-corrected chi connectivity index (χ4v) is 4.07. The second-order valence-electron chi connectivity index (χ2n) is 8.22. The third kappa shape index (κ3) is 5.51. The number of piperidine rings is 1. The number of nitrogens with one attached hydrogen (secondary N) is 1. The zero-order valence-corrected chi connectivity index (χ0v) is 19.3. The zero-order chi connectivity index (χ0) is 23.2. The molecule has 8 nitrogen and oxygen atoms in total. The van der Waals surface area contributed by atoms with Crippen LogP contribution in [-0.2, 0) is 17.9 Å². The van der Waals surface area contributed by atoms with Crippen LogP contribution in [0.2, 0.25) is 0 Å². The SMILES string of the molecule is COc1ccc(-c2nc(CN3CCC(C(=O)NCc4cccnc4)CC3)c(C)o2)cc1OC. The lowest BCUT2D eigenvalue weighted by atomic mass is 9.95. The van der Waals surface area contributed by atoms with Gasteiger partial charge in [-0.1, -0.05) is 6.07 Å². The van der Waals surface area contributed by atoms with Gasteiger partial charge in [0.05, 0.1) is 19.9 Å². The summed E-state index contributed by atoms with van der Waals surface area (Å²) in [5.74, 6) is 2.82. The first kappa shape index (κ1) is 22.8. The standard InChI is InChI=1S/C25H30N4O4/c1-17-21(28-25(33-17)20-6-7-22(31-2)23(13-20)32-3)16-29-11-8-19(9-12-29)24(30)27-15-18-5-4-10-26-14-18/h4-7,10,13-14,19H,8-9,11-12,15-16H2,1-3H3,(H,27,30). The molecule has 2 aromatic heterocycles. The van der Waals surface area contributed by atoms with Gasteiger partial charge in [-0.2, -0.15) is 0 Å². The summed E-state index contributed by atoms with van der Waals surface area (Å²) < 4.78 is 16.6. The highest BCUT2D eigenvalue weighted by molar-refractivity contribution is 5.78. The van der Waals surface area contributed by atoms with Crippen molar-refractivity contribution >= 4 is 5.91 Å². The summed E-state index contributed by atoms with van der Waals surface area (Å²) >= 11 is 0. The molecule has 0 unspecified atom stereocenters. The van der Waals surface area contributed by atoms with E-state index in [0.29, 0.717) is 30.5 Å². The van der Waals surface area contributed by atoms with E-state index in [4.69, 9.17) is 18.9 Å². The molecule has 1 aromatic carbocycles. The number of benzene rings is 1. The largest absolute Gasteiger partial charge is 0.493 e. The monoisotopic (exact) mass is 450 g/mol. The van der Waals surface area contributed by atoms with Crippen LogP contribution in [-0.4, -0.2) is 48.1 Å². The molecule has 0 spiro atoms. The minimum absolute atomic E-state index is 0.0404. The molecule has 3 aromatic rings. The van der Waals surface area contributed by atoms with E-state index in [1.165, 1.54) is 0 Å². The lowest BCUT2D eigenvalue weighted by molar-refractivity contribution is -0.126. The zero-order valence-electron chi connectivity index (χ0n) is 19.3. The average molecular weight is 451 g/mol. The molecule has 1 aliphatic rings. The van der Waals surface area contributed by atoms with Crippen molar-refractivity contribution in [2.24, 2.45) is 5.92 Å². The summed E-state index contributed by atoms with van der Waals surface area (Å²) in [7, 11) is 3.22. The fraction of sp³-hybridized carbons (Fsp3) is 0.400. The van der Waals surface area contributed by atoms with E-state index in [9.17, 15) is 4.79 Å². The van der Waals surface area contributed by atoms with Crippen LogP contribution in [0.25, 0.3) is 11.5 Å². The van der Waals surface area contributed by atoms with Crippen molar-refractivity contribution in [3.05, 3.63) is 59.7 Å². The molecular weight excluding hydrogens is 420 g/mol. The van der Waals surface area contributed by atoms with Gasteiger partial charge in [-0.25, -0.2) is 4.98 Å². The maximum absolute atomic E-state index is 12.6. The normalized spacial score (nSPS) is 14.8. The number of likely N-dealkylation sites (tertiary alicyclic amines) is 1. The van der Waals surface area contributed by atoms with Gasteiger partial charge in [0.25, 0.3) is 0 Å². The van der Waals surface area contributed by atoms with E-state index >= 15 is 0 Å². The number of hydrogen-bond acceptors (Lipinski definition) is 7. The summed E-state index contributed by atoms with van der Waals surface area (Å²) in [4.78, 5) is 23.7. The van der Waals surface area contributed by atoms with Crippen molar-refractivity contribution in [1.82, 2.24) is 20.2 Å². The second kappa shape index (κ2) is 10.5. The Labute approximate surface area is 193 Å². The fourth-order valence-electron chi connectivity index (χ4n) is 4.07. The van der Waals surface area contributed by atoms with Gasteiger partial charge in [-0.05, 0) is 62.7 Å². The third-order valence-corrected chi connectivity index (χ3v) is 6.04. The number of rotatable bonds is 8. The van der Waals surface area contributed by atoms with Crippen molar-refractivity contribution in [2.75, 3.05) is 27.3 Å². The Morgan fingerprint density at radius 1 is 1.18 bits per heavy atom. The molecular formula is C25H30N4O4. The molecule has 1 saturated heterocycles. The highest BCUT2D eigenvalue weighted by Crippen LogP contribution is 2.33. The van der Waals surface area contributed by atoms with Crippen molar-refractivity contribution in [2.45, 2.75) is 32.9 Å². The molecule has 0 aliphatic carbocycles. The Morgan fingerprint density at radius 3 is 2.67 bits per heavy atom. The van der Waals surface area contributed by atoms with Gasteiger partial charge in [0, 0.05) is 37.0 Å². The number of pyridine rings is 1. The molecule has 4 rings (SSSR count). The summed E-state index contributed by atoms with van der Waals surface area (Å²) in [6.07, 6.45) is 5.17. The number of methoxy groups -OCH3 is 2. The van der Waals surface area contributed by atoms with Crippen LogP contribution in [0.4, 0.5) is 0 Å². The number of carbonyl (C=O) groups excluding carboxylic acids is 1. The number of aryl methyl sites for hydroxylation is 1. The lowest BCUT2D eigenvalue weighted by Crippen LogP contribution is -2.40. The minimum atomic E-state index is 0.0404. The number of nitrogens with zero attached hydrogens (tertiary/aromatic N) is 3.